The minimum Gasteiger partial charge on any atom is -0.476 e. The summed E-state index contributed by atoms with van der Waals surface area (Å²) in [5.41, 5.74) is 1.58. The molecule has 1 aromatic rings. The first-order valence-electron chi connectivity index (χ1n) is 4.56. The lowest BCUT2D eigenvalue weighted by molar-refractivity contribution is 0.101. The van der Waals surface area contributed by atoms with Gasteiger partial charge in [-0.1, -0.05) is 12.1 Å². The summed E-state index contributed by atoms with van der Waals surface area (Å²) in [6, 6.07) is 7.35. The molecule has 3 nitrogen and oxygen atoms in total. The van der Waals surface area contributed by atoms with Crippen molar-refractivity contribution in [2.24, 2.45) is 4.99 Å². The van der Waals surface area contributed by atoms with E-state index in [0.717, 1.165) is 5.56 Å². The van der Waals surface area contributed by atoms with Gasteiger partial charge in [-0.15, -0.1) is 0 Å². The molecule has 0 bridgehead atoms. The molecule has 0 aliphatic carbocycles. The van der Waals surface area contributed by atoms with Crippen LogP contribution in [0.15, 0.2) is 29.3 Å². The normalized spacial score (nSPS) is 14.8. The summed E-state index contributed by atoms with van der Waals surface area (Å²) in [4.78, 5) is 15.3. The summed E-state index contributed by atoms with van der Waals surface area (Å²) in [6.07, 6.45) is 0. The van der Waals surface area contributed by atoms with Crippen molar-refractivity contribution in [2.45, 2.75) is 6.92 Å². The maximum atomic E-state index is 11.1. The van der Waals surface area contributed by atoms with Gasteiger partial charge in [0.25, 0.3) is 0 Å². The second-order valence-electron chi connectivity index (χ2n) is 3.17. The highest BCUT2D eigenvalue weighted by atomic mass is 16.5. The van der Waals surface area contributed by atoms with Crippen LogP contribution in [0.4, 0.5) is 0 Å². The van der Waals surface area contributed by atoms with Crippen LogP contribution in [-0.4, -0.2) is 24.8 Å². The molecular formula is C11H11NO2. The van der Waals surface area contributed by atoms with Crippen molar-refractivity contribution < 1.29 is 9.53 Å². The third-order valence-electron chi connectivity index (χ3n) is 2.10. The number of ketones is 1. The van der Waals surface area contributed by atoms with Crippen LogP contribution < -0.4 is 0 Å². The SMILES string of the molecule is CC(=O)c1cccc(C2=NCCO2)c1. The van der Waals surface area contributed by atoms with Gasteiger partial charge < -0.3 is 4.74 Å². The van der Waals surface area contributed by atoms with Gasteiger partial charge in [0.1, 0.15) is 6.61 Å². The van der Waals surface area contributed by atoms with Crippen LogP contribution in [0.1, 0.15) is 22.8 Å². The molecule has 3 heteroatoms. The molecule has 1 aliphatic rings. The second-order valence-corrected chi connectivity index (χ2v) is 3.17. The number of Topliss-reactive ketones (excluding diaryl/α,β-unsaturated/α-hetero) is 1. The van der Waals surface area contributed by atoms with Gasteiger partial charge in [-0.2, -0.15) is 0 Å². The molecule has 0 unspecified atom stereocenters. The molecule has 0 saturated carbocycles. The predicted octanol–water partition coefficient (Wildman–Crippen LogP) is 1.67. The summed E-state index contributed by atoms with van der Waals surface area (Å²) in [5, 5.41) is 0. The van der Waals surface area contributed by atoms with Crippen LogP contribution in [0.2, 0.25) is 0 Å². The Morgan fingerprint density at radius 1 is 1.50 bits per heavy atom. The van der Waals surface area contributed by atoms with Gasteiger partial charge in [0.15, 0.2) is 5.78 Å². The van der Waals surface area contributed by atoms with Crippen molar-refractivity contribution >= 4 is 11.7 Å². The summed E-state index contributed by atoms with van der Waals surface area (Å²) >= 11 is 0. The van der Waals surface area contributed by atoms with Gasteiger partial charge in [0, 0.05) is 11.1 Å². The van der Waals surface area contributed by atoms with Crippen molar-refractivity contribution in [3.8, 4) is 0 Å². The van der Waals surface area contributed by atoms with Gasteiger partial charge >= 0.3 is 0 Å². The monoisotopic (exact) mass is 189 g/mol. The molecule has 72 valence electrons. The number of aliphatic imine (C=N–C) groups is 1. The quantitative estimate of drug-likeness (QED) is 0.664. The van der Waals surface area contributed by atoms with Gasteiger partial charge in [-0.3, -0.25) is 4.79 Å². The highest BCUT2D eigenvalue weighted by Crippen LogP contribution is 2.10. The molecule has 0 radical (unpaired) electrons. The minimum absolute atomic E-state index is 0.0606. The smallest absolute Gasteiger partial charge is 0.216 e. The molecular weight excluding hydrogens is 178 g/mol. The van der Waals surface area contributed by atoms with Crippen LogP contribution in [0.25, 0.3) is 0 Å². The average molecular weight is 189 g/mol. The Morgan fingerprint density at radius 2 is 2.36 bits per heavy atom. The molecule has 2 rings (SSSR count). The summed E-state index contributed by atoms with van der Waals surface area (Å²) in [6.45, 7) is 2.90. The highest BCUT2D eigenvalue weighted by Gasteiger charge is 2.11. The summed E-state index contributed by atoms with van der Waals surface area (Å²) < 4.78 is 5.31. The van der Waals surface area contributed by atoms with Crippen LogP contribution in [0.5, 0.6) is 0 Å². The molecule has 1 aliphatic heterocycles. The standard InChI is InChI=1S/C11H11NO2/c1-8(13)9-3-2-4-10(7-9)11-12-5-6-14-11/h2-4,7H,5-6H2,1H3. The van der Waals surface area contributed by atoms with E-state index in [1.165, 1.54) is 0 Å². The molecule has 0 fully saturated rings. The number of ether oxygens (including phenoxy) is 1. The number of hydrogen-bond donors (Lipinski definition) is 0. The maximum absolute atomic E-state index is 11.1. The van der Waals surface area contributed by atoms with Crippen LogP contribution in [0.3, 0.4) is 0 Å². The van der Waals surface area contributed by atoms with E-state index in [1.807, 2.05) is 18.2 Å². The molecule has 14 heavy (non-hydrogen) atoms. The van der Waals surface area contributed by atoms with Gasteiger partial charge in [0.2, 0.25) is 5.90 Å². The van der Waals surface area contributed by atoms with E-state index in [4.69, 9.17) is 4.74 Å². The highest BCUT2D eigenvalue weighted by molar-refractivity contribution is 5.99. The molecule has 0 aromatic heterocycles. The lowest BCUT2D eigenvalue weighted by atomic mass is 10.1. The molecule has 0 saturated heterocycles. The van der Waals surface area contributed by atoms with E-state index in [-0.39, 0.29) is 5.78 Å². The number of carbonyl (C=O) groups is 1. The van der Waals surface area contributed by atoms with Gasteiger partial charge in [-0.25, -0.2) is 4.99 Å². The Kier molecular flexibility index (Phi) is 2.31. The van der Waals surface area contributed by atoms with E-state index in [1.54, 1.807) is 13.0 Å². The Bertz CT molecular complexity index is 396. The van der Waals surface area contributed by atoms with Crippen molar-refractivity contribution in [3.05, 3.63) is 35.4 Å². The summed E-state index contributed by atoms with van der Waals surface area (Å²) in [5.74, 6) is 0.707. The van der Waals surface area contributed by atoms with Crippen molar-refractivity contribution in [3.63, 3.8) is 0 Å². The lowest BCUT2D eigenvalue weighted by Gasteiger charge is -2.02. The van der Waals surface area contributed by atoms with E-state index < -0.39 is 0 Å². The first kappa shape index (κ1) is 8.94. The third kappa shape index (κ3) is 1.66. The fourth-order valence-corrected chi connectivity index (χ4v) is 1.38. The van der Waals surface area contributed by atoms with E-state index in [2.05, 4.69) is 4.99 Å². The Hall–Kier alpha value is -1.64. The third-order valence-corrected chi connectivity index (χ3v) is 2.10. The summed E-state index contributed by atoms with van der Waals surface area (Å²) in [7, 11) is 0. The largest absolute Gasteiger partial charge is 0.476 e. The van der Waals surface area contributed by atoms with Crippen molar-refractivity contribution in [1.29, 1.82) is 0 Å². The second kappa shape index (κ2) is 3.62. The maximum Gasteiger partial charge on any atom is 0.216 e. The fourth-order valence-electron chi connectivity index (χ4n) is 1.38. The van der Waals surface area contributed by atoms with Crippen molar-refractivity contribution in [1.82, 2.24) is 0 Å². The number of carbonyl (C=O) groups excluding carboxylic acids is 1. The Morgan fingerprint density at radius 3 is 3.00 bits per heavy atom. The molecule has 0 N–H and O–H groups in total. The van der Waals surface area contributed by atoms with Crippen molar-refractivity contribution in [2.75, 3.05) is 13.2 Å². The molecule has 0 spiro atoms. The first-order valence-corrected chi connectivity index (χ1v) is 4.56. The number of rotatable bonds is 2. The number of benzene rings is 1. The molecule has 1 aromatic carbocycles. The molecule has 1 heterocycles. The van der Waals surface area contributed by atoms with Gasteiger partial charge in [-0.05, 0) is 19.1 Å². The predicted molar refractivity (Wildman–Crippen MR) is 53.8 cm³/mol. The molecule has 0 amide bonds. The Labute approximate surface area is 82.4 Å². The van der Waals surface area contributed by atoms with Crippen LogP contribution >= 0.6 is 0 Å². The number of hydrogen-bond acceptors (Lipinski definition) is 3. The zero-order chi connectivity index (χ0) is 9.97. The van der Waals surface area contributed by atoms with E-state index >= 15 is 0 Å². The van der Waals surface area contributed by atoms with E-state index in [9.17, 15) is 4.79 Å². The van der Waals surface area contributed by atoms with Crippen LogP contribution in [-0.2, 0) is 4.74 Å². The zero-order valence-electron chi connectivity index (χ0n) is 7.99. The zero-order valence-corrected chi connectivity index (χ0v) is 7.99. The fraction of sp³-hybridized carbons (Fsp3) is 0.273. The topological polar surface area (TPSA) is 38.7 Å². The van der Waals surface area contributed by atoms with Gasteiger partial charge in [0.05, 0.1) is 6.54 Å². The van der Waals surface area contributed by atoms with Crippen LogP contribution in [0, 0.1) is 0 Å². The minimum atomic E-state index is 0.0606. The Balaban J connectivity index is 2.34. The first-order chi connectivity index (χ1) is 6.77. The average Bonchev–Trinajstić information content (AvgIpc) is 2.71. The molecule has 0 atom stereocenters. The van der Waals surface area contributed by atoms with E-state index in [0.29, 0.717) is 24.6 Å². The lowest BCUT2D eigenvalue weighted by Crippen LogP contribution is -2.02. The number of nitrogens with zero attached hydrogens (tertiary/aromatic N) is 1.